The van der Waals surface area contributed by atoms with E-state index in [1.165, 1.54) is 16.7 Å². The fraction of sp³-hybridized carbons (Fsp3) is 0.588. The van der Waals surface area contributed by atoms with E-state index in [9.17, 15) is 4.79 Å². The summed E-state index contributed by atoms with van der Waals surface area (Å²) < 4.78 is 12.3. The van der Waals surface area contributed by atoms with E-state index < -0.39 is 5.79 Å². The molecule has 3 aliphatic rings. The molecule has 3 heteroatoms. The third-order valence-electron chi connectivity index (χ3n) is 5.30. The van der Waals surface area contributed by atoms with Gasteiger partial charge in [-0.05, 0) is 31.7 Å². The first-order valence-corrected chi connectivity index (χ1v) is 7.55. The van der Waals surface area contributed by atoms with Gasteiger partial charge in [0.1, 0.15) is 5.78 Å². The number of fused-ring (bicyclic) bond motifs is 3. The van der Waals surface area contributed by atoms with Crippen LogP contribution in [0.4, 0.5) is 0 Å². The number of carbonyl (C=O) groups is 1. The molecule has 3 nitrogen and oxygen atoms in total. The van der Waals surface area contributed by atoms with Crippen LogP contribution in [0.5, 0.6) is 0 Å². The summed E-state index contributed by atoms with van der Waals surface area (Å²) in [5.74, 6) is -0.201. The molecule has 106 valence electrons. The van der Waals surface area contributed by atoms with Gasteiger partial charge in [0.2, 0.25) is 5.79 Å². The lowest BCUT2D eigenvalue weighted by atomic mass is 9.68. The Bertz CT molecular complexity index is 560. The van der Waals surface area contributed by atoms with Gasteiger partial charge in [0, 0.05) is 23.8 Å². The SMILES string of the molecule is Cc1ccc2c(c1)CC1(CCC(=O)CC1)C21OCCO1. The van der Waals surface area contributed by atoms with Gasteiger partial charge in [0.25, 0.3) is 0 Å². The lowest BCUT2D eigenvalue weighted by Crippen LogP contribution is -2.46. The second-order valence-electron chi connectivity index (χ2n) is 6.47. The second kappa shape index (κ2) is 4.15. The fourth-order valence-corrected chi connectivity index (χ4v) is 4.34. The Morgan fingerprint density at radius 1 is 1.10 bits per heavy atom. The Morgan fingerprint density at radius 3 is 2.50 bits per heavy atom. The van der Waals surface area contributed by atoms with Crippen LogP contribution in [0.15, 0.2) is 18.2 Å². The van der Waals surface area contributed by atoms with Crippen LogP contribution in [0.2, 0.25) is 0 Å². The Morgan fingerprint density at radius 2 is 1.80 bits per heavy atom. The Kier molecular flexibility index (Phi) is 2.60. The van der Waals surface area contributed by atoms with E-state index in [-0.39, 0.29) is 5.41 Å². The van der Waals surface area contributed by atoms with Crippen molar-refractivity contribution in [2.75, 3.05) is 13.2 Å². The number of benzene rings is 1. The second-order valence-corrected chi connectivity index (χ2v) is 6.47. The molecule has 2 aliphatic carbocycles. The van der Waals surface area contributed by atoms with E-state index in [1.54, 1.807) is 0 Å². The predicted molar refractivity (Wildman–Crippen MR) is 74.4 cm³/mol. The zero-order chi connectivity index (χ0) is 13.8. The van der Waals surface area contributed by atoms with Crippen molar-refractivity contribution in [2.24, 2.45) is 5.41 Å². The predicted octanol–water partition coefficient (Wildman–Crippen LogP) is 2.88. The van der Waals surface area contributed by atoms with E-state index in [0.29, 0.717) is 31.8 Å². The molecule has 2 fully saturated rings. The van der Waals surface area contributed by atoms with Gasteiger partial charge in [-0.1, -0.05) is 23.8 Å². The number of rotatable bonds is 0. The highest BCUT2D eigenvalue weighted by atomic mass is 16.7. The van der Waals surface area contributed by atoms with Crippen molar-refractivity contribution < 1.29 is 14.3 Å². The summed E-state index contributed by atoms with van der Waals surface area (Å²) in [7, 11) is 0. The molecule has 0 unspecified atom stereocenters. The highest BCUT2D eigenvalue weighted by molar-refractivity contribution is 5.79. The molecule has 1 aliphatic heterocycles. The molecular weight excluding hydrogens is 252 g/mol. The van der Waals surface area contributed by atoms with Gasteiger partial charge in [-0.3, -0.25) is 4.79 Å². The minimum atomic E-state index is -0.587. The average molecular weight is 272 g/mol. The van der Waals surface area contributed by atoms with Gasteiger partial charge in [-0.15, -0.1) is 0 Å². The zero-order valence-corrected chi connectivity index (χ0v) is 11.9. The molecule has 1 saturated carbocycles. The van der Waals surface area contributed by atoms with Crippen molar-refractivity contribution in [1.29, 1.82) is 0 Å². The van der Waals surface area contributed by atoms with Gasteiger partial charge >= 0.3 is 0 Å². The van der Waals surface area contributed by atoms with Crippen molar-refractivity contribution in [3.05, 3.63) is 34.9 Å². The molecule has 1 saturated heterocycles. The molecule has 4 rings (SSSR count). The monoisotopic (exact) mass is 272 g/mol. The standard InChI is InChI=1S/C17H20O3/c1-12-2-3-15-13(10-12)11-16(6-4-14(18)5-7-16)17(15)19-8-9-20-17/h2-3,10H,4-9,11H2,1H3. The topological polar surface area (TPSA) is 35.5 Å². The van der Waals surface area contributed by atoms with Crippen LogP contribution in [0, 0.1) is 12.3 Å². The first-order valence-electron chi connectivity index (χ1n) is 7.55. The van der Waals surface area contributed by atoms with Crippen LogP contribution in [0.3, 0.4) is 0 Å². The molecule has 1 aromatic rings. The van der Waals surface area contributed by atoms with E-state index in [4.69, 9.17) is 9.47 Å². The molecule has 2 spiro atoms. The van der Waals surface area contributed by atoms with Gasteiger partial charge in [0.05, 0.1) is 13.2 Å². The first kappa shape index (κ1) is 12.5. The van der Waals surface area contributed by atoms with Crippen molar-refractivity contribution in [1.82, 2.24) is 0 Å². The molecule has 0 radical (unpaired) electrons. The number of Topliss-reactive ketones (excluding diaryl/α,β-unsaturated/α-hetero) is 1. The smallest absolute Gasteiger partial charge is 0.201 e. The number of hydrogen-bond acceptors (Lipinski definition) is 3. The molecular formula is C17H20O3. The Balaban J connectivity index is 1.83. The highest BCUT2D eigenvalue weighted by Crippen LogP contribution is 2.60. The third kappa shape index (κ3) is 1.51. The van der Waals surface area contributed by atoms with Crippen LogP contribution in [-0.4, -0.2) is 19.0 Å². The summed E-state index contributed by atoms with van der Waals surface area (Å²) in [5.41, 5.74) is 3.80. The number of ketones is 1. The van der Waals surface area contributed by atoms with Crippen LogP contribution in [0.25, 0.3) is 0 Å². The van der Waals surface area contributed by atoms with Crippen molar-refractivity contribution >= 4 is 5.78 Å². The summed E-state index contributed by atoms with van der Waals surface area (Å²) >= 11 is 0. The van der Waals surface area contributed by atoms with Gasteiger partial charge in [0.15, 0.2) is 0 Å². The quantitative estimate of drug-likeness (QED) is 0.728. The molecule has 0 atom stereocenters. The van der Waals surface area contributed by atoms with Crippen molar-refractivity contribution in [3.8, 4) is 0 Å². The van der Waals surface area contributed by atoms with Gasteiger partial charge in [-0.25, -0.2) is 0 Å². The van der Waals surface area contributed by atoms with Crippen LogP contribution in [-0.2, 0) is 26.5 Å². The maximum absolute atomic E-state index is 11.7. The highest BCUT2D eigenvalue weighted by Gasteiger charge is 2.62. The molecule has 20 heavy (non-hydrogen) atoms. The third-order valence-corrected chi connectivity index (χ3v) is 5.30. The number of aryl methyl sites for hydroxylation is 1. The number of carbonyl (C=O) groups excluding carboxylic acids is 1. The van der Waals surface area contributed by atoms with Gasteiger partial charge in [-0.2, -0.15) is 0 Å². The first-order chi connectivity index (χ1) is 9.65. The largest absolute Gasteiger partial charge is 0.343 e. The molecule has 1 aromatic carbocycles. The van der Waals surface area contributed by atoms with E-state index >= 15 is 0 Å². The van der Waals surface area contributed by atoms with Crippen molar-refractivity contribution in [2.45, 2.75) is 44.8 Å². The maximum Gasteiger partial charge on any atom is 0.201 e. The summed E-state index contributed by atoms with van der Waals surface area (Å²) in [5, 5.41) is 0. The van der Waals surface area contributed by atoms with E-state index in [2.05, 4.69) is 25.1 Å². The van der Waals surface area contributed by atoms with E-state index in [0.717, 1.165) is 19.3 Å². The molecule has 0 aromatic heterocycles. The lowest BCUT2D eigenvalue weighted by Gasteiger charge is -2.44. The molecule has 0 bridgehead atoms. The fourth-order valence-electron chi connectivity index (χ4n) is 4.34. The Labute approximate surface area is 119 Å². The minimum Gasteiger partial charge on any atom is -0.343 e. The molecule has 1 heterocycles. The van der Waals surface area contributed by atoms with Crippen LogP contribution in [0.1, 0.15) is 42.4 Å². The lowest BCUT2D eigenvalue weighted by molar-refractivity contribution is -0.246. The number of hydrogen-bond donors (Lipinski definition) is 0. The maximum atomic E-state index is 11.7. The van der Waals surface area contributed by atoms with Crippen LogP contribution >= 0.6 is 0 Å². The normalized spacial score (nSPS) is 26.4. The van der Waals surface area contributed by atoms with Crippen molar-refractivity contribution in [3.63, 3.8) is 0 Å². The summed E-state index contributed by atoms with van der Waals surface area (Å²) in [6.07, 6.45) is 4.10. The van der Waals surface area contributed by atoms with Crippen LogP contribution < -0.4 is 0 Å². The Hall–Kier alpha value is -1.19. The molecule has 0 N–H and O–H groups in total. The molecule has 0 amide bonds. The van der Waals surface area contributed by atoms with E-state index in [1.807, 2.05) is 0 Å². The summed E-state index contributed by atoms with van der Waals surface area (Å²) in [6, 6.07) is 6.56. The minimum absolute atomic E-state index is 0.0342. The summed E-state index contributed by atoms with van der Waals surface area (Å²) in [4.78, 5) is 11.7. The average Bonchev–Trinajstić information content (AvgIpc) is 3.01. The van der Waals surface area contributed by atoms with Gasteiger partial charge < -0.3 is 9.47 Å². The number of ether oxygens (including phenoxy) is 2. The summed E-state index contributed by atoms with van der Waals surface area (Å²) in [6.45, 7) is 3.44. The zero-order valence-electron chi connectivity index (χ0n) is 11.9.